The highest BCUT2D eigenvalue weighted by Gasteiger charge is 2.39. The number of fused-ring (bicyclic) bond motifs is 3. The maximum absolute atomic E-state index is 13.1. The van der Waals surface area contributed by atoms with Crippen LogP contribution in [0.4, 0.5) is 0 Å². The number of hydrogen-bond acceptors (Lipinski definition) is 4. The summed E-state index contributed by atoms with van der Waals surface area (Å²) in [5.41, 5.74) is 3.02. The lowest BCUT2D eigenvalue weighted by Gasteiger charge is -2.16. The van der Waals surface area contributed by atoms with Crippen LogP contribution in [-0.4, -0.2) is 53.8 Å². The summed E-state index contributed by atoms with van der Waals surface area (Å²) in [4.78, 5) is 34.2. The van der Waals surface area contributed by atoms with E-state index in [-0.39, 0.29) is 11.8 Å². The van der Waals surface area contributed by atoms with Gasteiger partial charge >= 0.3 is 0 Å². The van der Waals surface area contributed by atoms with Crippen LogP contribution >= 0.6 is 0 Å². The molecule has 5 heteroatoms. The van der Waals surface area contributed by atoms with Crippen LogP contribution in [0.15, 0.2) is 54.6 Å². The first-order chi connectivity index (χ1) is 12.6. The van der Waals surface area contributed by atoms with Crippen LogP contribution in [-0.2, 0) is 0 Å². The minimum Gasteiger partial charge on any atom is -0.308 e. The Morgan fingerprint density at radius 2 is 1.54 bits per heavy atom. The largest absolute Gasteiger partial charge is 0.308 e. The van der Waals surface area contributed by atoms with Gasteiger partial charge in [0.2, 0.25) is 0 Å². The second-order valence-electron chi connectivity index (χ2n) is 6.66. The van der Waals surface area contributed by atoms with E-state index >= 15 is 0 Å². The molecule has 0 N–H and O–H groups in total. The highest BCUT2D eigenvalue weighted by molar-refractivity contribution is 6.28. The molecule has 0 saturated carbocycles. The Hall–Kier alpha value is -3.05. The molecular weight excluding hydrogens is 326 g/mol. The zero-order chi connectivity index (χ0) is 18.3. The van der Waals surface area contributed by atoms with Crippen LogP contribution < -0.4 is 0 Å². The molecule has 1 aliphatic rings. The number of imide groups is 1. The van der Waals surface area contributed by atoms with Crippen LogP contribution in [0.2, 0.25) is 0 Å². The summed E-state index contributed by atoms with van der Waals surface area (Å²) >= 11 is 0. The standard InChI is InChI=1S/C21H19N3O2/c1-23(2)12-13-24-20(25)17-15-10-6-7-11-16(15)22-19(18(17)21(24)26)14-8-4-3-5-9-14/h3-11H,12-13H2,1-2H3. The second-order valence-corrected chi connectivity index (χ2v) is 6.66. The highest BCUT2D eigenvalue weighted by atomic mass is 16.2. The van der Waals surface area contributed by atoms with Crippen molar-refractivity contribution in [3.8, 4) is 11.3 Å². The van der Waals surface area contributed by atoms with E-state index in [1.807, 2.05) is 73.6 Å². The Labute approximate surface area is 151 Å². The Morgan fingerprint density at radius 3 is 2.27 bits per heavy atom. The van der Waals surface area contributed by atoms with Crippen molar-refractivity contribution >= 4 is 22.7 Å². The number of rotatable bonds is 4. The average molecular weight is 345 g/mol. The van der Waals surface area contributed by atoms with Crippen molar-refractivity contribution in [1.29, 1.82) is 0 Å². The third-order valence-corrected chi connectivity index (χ3v) is 4.63. The number of aromatic nitrogens is 1. The van der Waals surface area contributed by atoms with E-state index in [4.69, 9.17) is 4.98 Å². The fourth-order valence-corrected chi connectivity index (χ4v) is 3.31. The third-order valence-electron chi connectivity index (χ3n) is 4.63. The average Bonchev–Trinajstić information content (AvgIpc) is 2.91. The number of carbonyl (C=O) groups is 2. The van der Waals surface area contributed by atoms with E-state index in [2.05, 4.69) is 0 Å². The molecule has 0 aliphatic carbocycles. The van der Waals surface area contributed by atoms with E-state index in [1.54, 1.807) is 0 Å². The van der Waals surface area contributed by atoms with Crippen molar-refractivity contribution in [2.45, 2.75) is 0 Å². The molecule has 0 atom stereocenters. The molecule has 0 fully saturated rings. The third kappa shape index (κ3) is 2.57. The first-order valence-corrected chi connectivity index (χ1v) is 8.57. The topological polar surface area (TPSA) is 53.5 Å². The smallest absolute Gasteiger partial charge is 0.263 e. The first kappa shape index (κ1) is 16.4. The molecule has 3 aromatic rings. The number of amides is 2. The van der Waals surface area contributed by atoms with Crippen molar-refractivity contribution in [3.05, 3.63) is 65.7 Å². The number of carbonyl (C=O) groups excluding carboxylic acids is 2. The van der Waals surface area contributed by atoms with E-state index < -0.39 is 0 Å². The Morgan fingerprint density at radius 1 is 0.885 bits per heavy atom. The van der Waals surface area contributed by atoms with Crippen LogP contribution in [0.3, 0.4) is 0 Å². The van der Waals surface area contributed by atoms with Crippen LogP contribution in [0.5, 0.6) is 0 Å². The minimum atomic E-state index is -0.260. The monoisotopic (exact) mass is 345 g/mol. The van der Waals surface area contributed by atoms with Gasteiger partial charge in [0.05, 0.1) is 22.3 Å². The molecule has 0 unspecified atom stereocenters. The summed E-state index contributed by atoms with van der Waals surface area (Å²) in [5, 5.41) is 0.730. The van der Waals surface area contributed by atoms with Crippen molar-refractivity contribution in [3.63, 3.8) is 0 Å². The normalized spacial score (nSPS) is 13.7. The van der Waals surface area contributed by atoms with Gasteiger partial charge in [0, 0.05) is 24.0 Å². The van der Waals surface area contributed by atoms with Gasteiger partial charge in [0.25, 0.3) is 11.8 Å². The molecule has 2 aromatic carbocycles. The number of pyridine rings is 1. The highest BCUT2D eigenvalue weighted by Crippen LogP contribution is 2.35. The molecule has 2 heterocycles. The van der Waals surface area contributed by atoms with E-state index in [9.17, 15) is 9.59 Å². The maximum Gasteiger partial charge on any atom is 0.263 e. The van der Waals surface area contributed by atoms with E-state index in [0.717, 1.165) is 16.5 Å². The van der Waals surface area contributed by atoms with E-state index in [0.29, 0.717) is 29.9 Å². The molecule has 26 heavy (non-hydrogen) atoms. The van der Waals surface area contributed by atoms with Gasteiger partial charge in [-0.2, -0.15) is 0 Å². The number of nitrogens with zero attached hydrogens (tertiary/aromatic N) is 3. The lowest BCUT2D eigenvalue weighted by Crippen LogP contribution is -2.36. The maximum atomic E-state index is 13.1. The first-order valence-electron chi connectivity index (χ1n) is 8.57. The lowest BCUT2D eigenvalue weighted by atomic mass is 9.98. The quantitative estimate of drug-likeness (QED) is 0.682. The molecule has 0 saturated heterocycles. The summed E-state index contributed by atoms with van der Waals surface area (Å²) < 4.78 is 0. The summed E-state index contributed by atoms with van der Waals surface area (Å²) in [6, 6.07) is 17.1. The molecule has 1 aromatic heterocycles. The van der Waals surface area contributed by atoms with Gasteiger partial charge < -0.3 is 4.90 Å². The molecule has 0 radical (unpaired) electrons. The van der Waals surface area contributed by atoms with Crippen LogP contribution in [0.25, 0.3) is 22.2 Å². The number of benzene rings is 2. The van der Waals surface area contributed by atoms with Gasteiger partial charge in [-0.3, -0.25) is 14.5 Å². The molecular formula is C21H19N3O2. The Kier molecular flexibility index (Phi) is 4.01. The number of likely N-dealkylation sites (N-methyl/N-ethyl adjacent to an activating group) is 1. The van der Waals surface area contributed by atoms with E-state index in [1.165, 1.54) is 4.90 Å². The summed E-state index contributed by atoms with van der Waals surface area (Å²) in [5.74, 6) is -0.494. The fourth-order valence-electron chi connectivity index (χ4n) is 3.31. The summed E-state index contributed by atoms with van der Waals surface area (Å²) in [6.07, 6.45) is 0. The minimum absolute atomic E-state index is 0.234. The lowest BCUT2D eigenvalue weighted by molar-refractivity contribution is 0.0646. The van der Waals surface area contributed by atoms with Gasteiger partial charge in [-0.25, -0.2) is 4.98 Å². The molecule has 4 rings (SSSR count). The summed E-state index contributed by atoms with van der Waals surface area (Å²) in [6.45, 7) is 0.986. The molecule has 130 valence electrons. The van der Waals surface area contributed by atoms with Gasteiger partial charge in [-0.15, -0.1) is 0 Å². The zero-order valence-corrected chi connectivity index (χ0v) is 14.8. The Balaban J connectivity index is 1.95. The number of hydrogen-bond donors (Lipinski definition) is 0. The van der Waals surface area contributed by atoms with Crippen molar-refractivity contribution in [1.82, 2.24) is 14.8 Å². The predicted molar refractivity (Wildman–Crippen MR) is 101 cm³/mol. The van der Waals surface area contributed by atoms with Gasteiger partial charge in [0.15, 0.2) is 0 Å². The van der Waals surface area contributed by atoms with Gasteiger partial charge in [-0.05, 0) is 20.2 Å². The molecule has 2 amide bonds. The van der Waals surface area contributed by atoms with Crippen LogP contribution in [0.1, 0.15) is 20.7 Å². The number of para-hydroxylation sites is 1. The predicted octanol–water partition coefficient (Wildman–Crippen LogP) is 3.06. The molecule has 5 nitrogen and oxygen atoms in total. The SMILES string of the molecule is CN(C)CCN1C(=O)c2c(-c3ccccc3)nc3ccccc3c2C1=O. The van der Waals surface area contributed by atoms with Crippen molar-refractivity contribution in [2.24, 2.45) is 0 Å². The fraction of sp³-hybridized carbons (Fsp3) is 0.190. The van der Waals surface area contributed by atoms with Crippen LogP contribution in [0, 0.1) is 0 Å². The van der Waals surface area contributed by atoms with Gasteiger partial charge in [-0.1, -0.05) is 48.5 Å². The summed E-state index contributed by atoms with van der Waals surface area (Å²) in [7, 11) is 3.84. The second kappa shape index (κ2) is 6.35. The van der Waals surface area contributed by atoms with Crippen molar-refractivity contribution < 1.29 is 9.59 Å². The van der Waals surface area contributed by atoms with Crippen molar-refractivity contribution in [2.75, 3.05) is 27.2 Å². The molecule has 0 spiro atoms. The zero-order valence-electron chi connectivity index (χ0n) is 14.8. The van der Waals surface area contributed by atoms with Gasteiger partial charge in [0.1, 0.15) is 0 Å². The molecule has 0 bridgehead atoms. The Bertz CT molecular complexity index is 1010. The molecule has 1 aliphatic heterocycles.